The number of piperidine rings is 1. The molecular weight excluding hydrogens is 208 g/mol. The van der Waals surface area contributed by atoms with Crippen LogP contribution >= 0.6 is 0 Å². The molecule has 1 fully saturated rings. The maximum Gasteiger partial charge on any atom is 0.0344 e. The molecule has 2 rings (SSSR count). The van der Waals surface area contributed by atoms with Gasteiger partial charge in [0.2, 0.25) is 0 Å². The highest BCUT2D eigenvalue weighted by molar-refractivity contribution is 5.46. The summed E-state index contributed by atoms with van der Waals surface area (Å²) >= 11 is 0. The molecule has 0 aliphatic carbocycles. The van der Waals surface area contributed by atoms with Crippen LogP contribution in [0.2, 0.25) is 0 Å². The Morgan fingerprint density at radius 2 is 1.94 bits per heavy atom. The zero-order chi connectivity index (χ0) is 12.3. The summed E-state index contributed by atoms with van der Waals surface area (Å²) in [5.74, 6) is 0. The van der Waals surface area contributed by atoms with Gasteiger partial charge in [-0.2, -0.15) is 0 Å². The van der Waals surface area contributed by atoms with Crippen molar-refractivity contribution >= 4 is 5.69 Å². The largest absolute Gasteiger partial charge is 0.382 e. The Kier molecular flexibility index (Phi) is 4.06. The number of likely N-dealkylation sites (tertiary alicyclic amines) is 1. The lowest BCUT2D eigenvalue weighted by molar-refractivity contribution is 0.177. The summed E-state index contributed by atoms with van der Waals surface area (Å²) in [7, 11) is 0. The Labute approximate surface area is 105 Å². The highest BCUT2D eigenvalue weighted by atomic mass is 15.2. The van der Waals surface area contributed by atoms with E-state index in [1.807, 2.05) is 0 Å². The zero-order valence-electron chi connectivity index (χ0n) is 11.2. The molecule has 1 saturated heterocycles. The second-order valence-corrected chi connectivity index (χ2v) is 5.42. The number of hydrogen-bond donors (Lipinski definition) is 1. The number of benzene rings is 1. The lowest BCUT2D eigenvalue weighted by Crippen LogP contribution is -2.42. The Balaban J connectivity index is 1.86. The second kappa shape index (κ2) is 5.54. The lowest BCUT2D eigenvalue weighted by Gasteiger charge is -2.35. The SMILES string of the molecule is Cc1cccc(NC2CCN(C(C)C)CC2)c1. The van der Waals surface area contributed by atoms with Crippen molar-refractivity contribution in [3.05, 3.63) is 29.8 Å². The first kappa shape index (κ1) is 12.4. The molecule has 0 radical (unpaired) electrons. The molecule has 0 bridgehead atoms. The highest BCUT2D eigenvalue weighted by Gasteiger charge is 2.20. The van der Waals surface area contributed by atoms with E-state index in [0.717, 1.165) is 0 Å². The fourth-order valence-electron chi connectivity index (χ4n) is 2.53. The summed E-state index contributed by atoms with van der Waals surface area (Å²) in [6.45, 7) is 9.16. The van der Waals surface area contributed by atoms with Gasteiger partial charge in [0.15, 0.2) is 0 Å². The minimum absolute atomic E-state index is 0.645. The van der Waals surface area contributed by atoms with Gasteiger partial charge in [0, 0.05) is 30.9 Å². The number of rotatable bonds is 3. The molecule has 0 spiro atoms. The number of hydrogen-bond acceptors (Lipinski definition) is 2. The predicted octanol–water partition coefficient (Wildman–Crippen LogP) is 3.28. The summed E-state index contributed by atoms with van der Waals surface area (Å²) in [5, 5.41) is 3.65. The average molecular weight is 232 g/mol. The van der Waals surface area contributed by atoms with Crippen molar-refractivity contribution < 1.29 is 0 Å². The van der Waals surface area contributed by atoms with Crippen LogP contribution in [0.3, 0.4) is 0 Å². The van der Waals surface area contributed by atoms with E-state index in [0.29, 0.717) is 12.1 Å². The van der Waals surface area contributed by atoms with E-state index in [4.69, 9.17) is 0 Å². The molecule has 1 aliphatic heterocycles. The fourth-order valence-corrected chi connectivity index (χ4v) is 2.53. The average Bonchev–Trinajstić information content (AvgIpc) is 2.29. The van der Waals surface area contributed by atoms with Crippen molar-refractivity contribution in [1.82, 2.24) is 4.90 Å². The van der Waals surface area contributed by atoms with Gasteiger partial charge in [-0.3, -0.25) is 0 Å². The van der Waals surface area contributed by atoms with Crippen molar-refractivity contribution in [2.75, 3.05) is 18.4 Å². The third-order valence-electron chi connectivity index (χ3n) is 3.65. The number of aryl methyl sites for hydroxylation is 1. The molecule has 2 nitrogen and oxygen atoms in total. The van der Waals surface area contributed by atoms with Gasteiger partial charge in [0.1, 0.15) is 0 Å². The first-order chi connectivity index (χ1) is 8.15. The third kappa shape index (κ3) is 3.47. The summed E-state index contributed by atoms with van der Waals surface area (Å²) in [6.07, 6.45) is 2.51. The summed E-state index contributed by atoms with van der Waals surface area (Å²) in [5.41, 5.74) is 2.60. The van der Waals surface area contributed by atoms with Crippen LogP contribution in [-0.2, 0) is 0 Å². The lowest BCUT2D eigenvalue weighted by atomic mass is 10.0. The first-order valence-electron chi connectivity index (χ1n) is 6.72. The molecule has 1 aromatic carbocycles. The van der Waals surface area contributed by atoms with E-state index < -0.39 is 0 Å². The van der Waals surface area contributed by atoms with E-state index >= 15 is 0 Å². The van der Waals surface area contributed by atoms with Crippen LogP contribution in [0.5, 0.6) is 0 Å². The van der Waals surface area contributed by atoms with Gasteiger partial charge < -0.3 is 10.2 Å². The molecule has 1 aliphatic rings. The van der Waals surface area contributed by atoms with Crippen molar-refractivity contribution in [2.45, 2.75) is 45.7 Å². The summed E-state index contributed by atoms with van der Waals surface area (Å²) in [6, 6.07) is 10.0. The van der Waals surface area contributed by atoms with Crippen LogP contribution in [0.4, 0.5) is 5.69 Å². The molecule has 1 aromatic rings. The molecular formula is C15H24N2. The first-order valence-corrected chi connectivity index (χ1v) is 6.72. The Bertz CT molecular complexity index is 352. The molecule has 2 heteroatoms. The molecule has 0 aromatic heterocycles. The van der Waals surface area contributed by atoms with Crippen LogP contribution in [0, 0.1) is 6.92 Å². The molecule has 0 atom stereocenters. The third-order valence-corrected chi connectivity index (χ3v) is 3.65. The molecule has 0 unspecified atom stereocenters. The Morgan fingerprint density at radius 3 is 2.53 bits per heavy atom. The van der Waals surface area contributed by atoms with Gasteiger partial charge >= 0.3 is 0 Å². The van der Waals surface area contributed by atoms with Gasteiger partial charge in [-0.25, -0.2) is 0 Å². The van der Waals surface area contributed by atoms with Gasteiger partial charge in [-0.05, 0) is 51.3 Å². The number of anilines is 1. The van der Waals surface area contributed by atoms with Crippen molar-refractivity contribution in [3.8, 4) is 0 Å². The van der Waals surface area contributed by atoms with E-state index in [9.17, 15) is 0 Å². The van der Waals surface area contributed by atoms with Crippen molar-refractivity contribution in [2.24, 2.45) is 0 Å². The maximum absolute atomic E-state index is 3.65. The summed E-state index contributed by atoms with van der Waals surface area (Å²) in [4.78, 5) is 2.56. The molecule has 17 heavy (non-hydrogen) atoms. The molecule has 0 amide bonds. The second-order valence-electron chi connectivity index (χ2n) is 5.42. The fraction of sp³-hybridized carbons (Fsp3) is 0.600. The maximum atomic E-state index is 3.65. The topological polar surface area (TPSA) is 15.3 Å². The zero-order valence-corrected chi connectivity index (χ0v) is 11.2. The molecule has 0 saturated carbocycles. The smallest absolute Gasteiger partial charge is 0.0344 e. The standard InChI is InChI=1S/C15H24N2/c1-12(2)17-9-7-14(8-10-17)16-15-6-4-5-13(3)11-15/h4-6,11-12,14,16H,7-10H2,1-3H3. The highest BCUT2D eigenvalue weighted by Crippen LogP contribution is 2.18. The van der Waals surface area contributed by atoms with Gasteiger partial charge in [-0.15, -0.1) is 0 Å². The Morgan fingerprint density at radius 1 is 1.24 bits per heavy atom. The minimum Gasteiger partial charge on any atom is -0.382 e. The van der Waals surface area contributed by atoms with E-state index in [1.54, 1.807) is 0 Å². The Hall–Kier alpha value is -1.02. The van der Waals surface area contributed by atoms with Crippen LogP contribution in [0.15, 0.2) is 24.3 Å². The summed E-state index contributed by atoms with van der Waals surface area (Å²) < 4.78 is 0. The van der Waals surface area contributed by atoms with E-state index in [-0.39, 0.29) is 0 Å². The van der Waals surface area contributed by atoms with E-state index in [1.165, 1.54) is 37.2 Å². The van der Waals surface area contributed by atoms with Crippen LogP contribution in [-0.4, -0.2) is 30.1 Å². The molecule has 1 N–H and O–H groups in total. The normalized spacial score (nSPS) is 18.6. The minimum atomic E-state index is 0.645. The van der Waals surface area contributed by atoms with Crippen LogP contribution in [0.1, 0.15) is 32.3 Å². The van der Waals surface area contributed by atoms with E-state index in [2.05, 4.69) is 55.3 Å². The van der Waals surface area contributed by atoms with Crippen LogP contribution < -0.4 is 5.32 Å². The number of nitrogens with zero attached hydrogens (tertiary/aromatic N) is 1. The van der Waals surface area contributed by atoms with Crippen molar-refractivity contribution in [3.63, 3.8) is 0 Å². The van der Waals surface area contributed by atoms with Gasteiger partial charge in [0.05, 0.1) is 0 Å². The molecule has 94 valence electrons. The quantitative estimate of drug-likeness (QED) is 0.860. The van der Waals surface area contributed by atoms with Gasteiger partial charge in [0.25, 0.3) is 0 Å². The molecule has 1 heterocycles. The number of nitrogens with one attached hydrogen (secondary N) is 1. The van der Waals surface area contributed by atoms with Crippen LogP contribution in [0.25, 0.3) is 0 Å². The van der Waals surface area contributed by atoms with Gasteiger partial charge in [-0.1, -0.05) is 12.1 Å². The van der Waals surface area contributed by atoms with Crippen molar-refractivity contribution in [1.29, 1.82) is 0 Å². The predicted molar refractivity (Wildman–Crippen MR) is 74.5 cm³/mol. The monoisotopic (exact) mass is 232 g/mol.